The molecule has 6 nitrogen and oxygen atoms in total. The summed E-state index contributed by atoms with van der Waals surface area (Å²) in [6.45, 7) is 6.84. The van der Waals surface area contributed by atoms with Crippen molar-refractivity contribution in [1.82, 2.24) is 15.5 Å². The first-order chi connectivity index (χ1) is 11.1. The third kappa shape index (κ3) is 5.41. The van der Waals surface area contributed by atoms with Crippen molar-refractivity contribution >= 4 is 12.0 Å². The summed E-state index contributed by atoms with van der Waals surface area (Å²) in [6.07, 6.45) is 3.75. The van der Waals surface area contributed by atoms with Gasteiger partial charge in [-0.25, -0.2) is 9.59 Å². The molecule has 0 bridgehead atoms. The van der Waals surface area contributed by atoms with E-state index in [1.165, 1.54) is 6.07 Å². The van der Waals surface area contributed by atoms with Crippen molar-refractivity contribution in [3.63, 3.8) is 0 Å². The van der Waals surface area contributed by atoms with Gasteiger partial charge < -0.3 is 15.7 Å². The Kier molecular flexibility index (Phi) is 6.17. The van der Waals surface area contributed by atoms with Gasteiger partial charge in [0.25, 0.3) is 0 Å². The van der Waals surface area contributed by atoms with E-state index in [1.807, 2.05) is 6.08 Å². The molecule has 1 saturated heterocycles. The minimum atomic E-state index is -0.970. The van der Waals surface area contributed by atoms with Gasteiger partial charge in [0.1, 0.15) is 0 Å². The van der Waals surface area contributed by atoms with Gasteiger partial charge in [-0.05, 0) is 30.5 Å². The first-order valence-corrected chi connectivity index (χ1v) is 7.78. The van der Waals surface area contributed by atoms with Gasteiger partial charge in [-0.15, -0.1) is 6.58 Å². The number of hydrogen-bond donors (Lipinski definition) is 3. The number of amides is 2. The topological polar surface area (TPSA) is 81.7 Å². The van der Waals surface area contributed by atoms with Crippen LogP contribution in [0.5, 0.6) is 0 Å². The molecule has 3 N–H and O–H groups in total. The smallest absolute Gasteiger partial charge is 0.335 e. The SMILES string of the molecule is C=CCN1CCC(NC(=O)NCc2cccc(C(=O)O)c2)CC1. The van der Waals surface area contributed by atoms with Crippen LogP contribution in [0.15, 0.2) is 36.9 Å². The lowest BCUT2D eigenvalue weighted by atomic mass is 10.1. The van der Waals surface area contributed by atoms with Crippen LogP contribution in [0.3, 0.4) is 0 Å². The minimum Gasteiger partial charge on any atom is -0.478 e. The zero-order valence-corrected chi connectivity index (χ0v) is 13.1. The summed E-state index contributed by atoms with van der Waals surface area (Å²) < 4.78 is 0. The maximum atomic E-state index is 11.9. The Hall–Kier alpha value is -2.34. The highest BCUT2D eigenvalue weighted by atomic mass is 16.4. The molecule has 0 spiro atoms. The monoisotopic (exact) mass is 317 g/mol. The second-order valence-corrected chi connectivity index (χ2v) is 5.70. The van der Waals surface area contributed by atoms with Crippen molar-refractivity contribution in [1.29, 1.82) is 0 Å². The van der Waals surface area contributed by atoms with Crippen LogP contribution in [0.1, 0.15) is 28.8 Å². The zero-order valence-electron chi connectivity index (χ0n) is 13.1. The fourth-order valence-electron chi connectivity index (χ4n) is 2.68. The van der Waals surface area contributed by atoms with Crippen LogP contribution in [0.2, 0.25) is 0 Å². The summed E-state index contributed by atoms with van der Waals surface area (Å²) in [6, 6.07) is 6.53. The molecule has 23 heavy (non-hydrogen) atoms. The number of benzene rings is 1. The number of piperidine rings is 1. The van der Waals surface area contributed by atoms with E-state index in [0.717, 1.165) is 38.0 Å². The fourth-order valence-corrected chi connectivity index (χ4v) is 2.68. The molecule has 0 aromatic heterocycles. The average Bonchev–Trinajstić information content (AvgIpc) is 2.55. The molecular formula is C17H23N3O3. The molecule has 1 fully saturated rings. The lowest BCUT2D eigenvalue weighted by molar-refractivity contribution is 0.0696. The molecular weight excluding hydrogens is 294 g/mol. The molecule has 124 valence electrons. The van der Waals surface area contributed by atoms with Crippen molar-refractivity contribution in [2.75, 3.05) is 19.6 Å². The third-order valence-corrected chi connectivity index (χ3v) is 3.94. The molecule has 6 heteroatoms. The van der Waals surface area contributed by atoms with Crippen molar-refractivity contribution < 1.29 is 14.7 Å². The van der Waals surface area contributed by atoms with E-state index in [4.69, 9.17) is 5.11 Å². The number of nitrogens with zero attached hydrogens (tertiary/aromatic N) is 1. The van der Waals surface area contributed by atoms with E-state index < -0.39 is 5.97 Å². The van der Waals surface area contributed by atoms with Crippen molar-refractivity contribution in [3.05, 3.63) is 48.0 Å². The summed E-state index contributed by atoms with van der Waals surface area (Å²) in [7, 11) is 0. The van der Waals surface area contributed by atoms with Gasteiger partial charge in [-0.2, -0.15) is 0 Å². The largest absolute Gasteiger partial charge is 0.478 e. The lowest BCUT2D eigenvalue weighted by Crippen LogP contribution is -2.47. The van der Waals surface area contributed by atoms with Crippen LogP contribution in [0.25, 0.3) is 0 Å². The number of aromatic carboxylic acids is 1. The molecule has 0 unspecified atom stereocenters. The molecule has 0 radical (unpaired) electrons. The number of urea groups is 1. The van der Waals surface area contributed by atoms with Crippen LogP contribution >= 0.6 is 0 Å². The van der Waals surface area contributed by atoms with E-state index >= 15 is 0 Å². The van der Waals surface area contributed by atoms with E-state index in [1.54, 1.807) is 18.2 Å². The Morgan fingerprint density at radius 1 is 1.35 bits per heavy atom. The standard InChI is InChI=1S/C17H23N3O3/c1-2-8-20-9-6-15(7-10-20)19-17(23)18-12-13-4-3-5-14(11-13)16(21)22/h2-5,11,15H,1,6-10,12H2,(H,21,22)(H2,18,19,23). The van der Waals surface area contributed by atoms with Crippen LogP contribution in [0.4, 0.5) is 4.79 Å². The lowest BCUT2D eigenvalue weighted by Gasteiger charge is -2.31. The molecule has 1 heterocycles. The Balaban J connectivity index is 1.74. The number of hydrogen-bond acceptors (Lipinski definition) is 3. The predicted molar refractivity (Wildman–Crippen MR) is 88.4 cm³/mol. The first kappa shape index (κ1) is 17.0. The van der Waals surface area contributed by atoms with E-state index in [-0.39, 0.29) is 17.6 Å². The maximum absolute atomic E-state index is 11.9. The fraction of sp³-hybridized carbons (Fsp3) is 0.412. The van der Waals surface area contributed by atoms with E-state index in [9.17, 15) is 9.59 Å². The second kappa shape index (κ2) is 8.33. The van der Waals surface area contributed by atoms with E-state index in [2.05, 4.69) is 22.1 Å². The van der Waals surface area contributed by atoms with Gasteiger partial charge >= 0.3 is 12.0 Å². The van der Waals surface area contributed by atoms with Gasteiger partial charge in [-0.1, -0.05) is 18.2 Å². The van der Waals surface area contributed by atoms with Gasteiger partial charge in [-0.3, -0.25) is 4.90 Å². The molecule has 1 aromatic rings. The quantitative estimate of drug-likeness (QED) is 0.699. The highest BCUT2D eigenvalue weighted by Crippen LogP contribution is 2.10. The Labute approximate surface area is 136 Å². The highest BCUT2D eigenvalue weighted by molar-refractivity contribution is 5.87. The molecule has 2 rings (SSSR count). The molecule has 2 amide bonds. The molecule has 0 atom stereocenters. The van der Waals surface area contributed by atoms with E-state index in [0.29, 0.717) is 6.54 Å². The van der Waals surface area contributed by atoms with Crippen LogP contribution in [-0.4, -0.2) is 47.7 Å². The molecule has 1 aliphatic rings. The second-order valence-electron chi connectivity index (χ2n) is 5.70. The molecule has 0 saturated carbocycles. The maximum Gasteiger partial charge on any atom is 0.335 e. The van der Waals surface area contributed by atoms with Gasteiger partial charge in [0.15, 0.2) is 0 Å². The minimum absolute atomic E-state index is 0.182. The highest BCUT2D eigenvalue weighted by Gasteiger charge is 2.19. The molecule has 1 aromatic carbocycles. The third-order valence-electron chi connectivity index (χ3n) is 3.94. The summed E-state index contributed by atoms with van der Waals surface area (Å²) >= 11 is 0. The normalized spacial score (nSPS) is 15.8. The predicted octanol–water partition coefficient (Wildman–Crippen LogP) is 1.83. The Bertz CT molecular complexity index is 566. The van der Waals surface area contributed by atoms with Crippen molar-refractivity contribution in [3.8, 4) is 0 Å². The Morgan fingerprint density at radius 3 is 2.74 bits per heavy atom. The Morgan fingerprint density at radius 2 is 2.09 bits per heavy atom. The van der Waals surface area contributed by atoms with Gasteiger partial charge in [0, 0.05) is 32.2 Å². The number of rotatable bonds is 6. The number of likely N-dealkylation sites (tertiary alicyclic amines) is 1. The van der Waals surface area contributed by atoms with Crippen molar-refractivity contribution in [2.24, 2.45) is 0 Å². The van der Waals surface area contributed by atoms with Crippen LogP contribution in [0, 0.1) is 0 Å². The number of carbonyl (C=O) groups excluding carboxylic acids is 1. The number of carbonyl (C=O) groups is 2. The first-order valence-electron chi connectivity index (χ1n) is 7.78. The van der Waals surface area contributed by atoms with Gasteiger partial charge in [0.2, 0.25) is 0 Å². The average molecular weight is 317 g/mol. The zero-order chi connectivity index (χ0) is 16.7. The summed E-state index contributed by atoms with van der Waals surface area (Å²) in [5, 5.41) is 14.7. The number of carboxylic acids is 1. The van der Waals surface area contributed by atoms with Crippen LogP contribution in [-0.2, 0) is 6.54 Å². The summed E-state index contributed by atoms with van der Waals surface area (Å²) in [5.41, 5.74) is 0.986. The molecule has 0 aliphatic carbocycles. The molecule has 1 aliphatic heterocycles. The summed E-state index contributed by atoms with van der Waals surface area (Å²) in [4.78, 5) is 25.2. The van der Waals surface area contributed by atoms with Crippen molar-refractivity contribution in [2.45, 2.75) is 25.4 Å². The number of carboxylic acid groups (broad SMARTS) is 1. The van der Waals surface area contributed by atoms with Crippen LogP contribution < -0.4 is 10.6 Å². The summed E-state index contributed by atoms with van der Waals surface area (Å²) in [5.74, 6) is -0.970. The number of nitrogens with one attached hydrogen (secondary N) is 2. The van der Waals surface area contributed by atoms with Gasteiger partial charge in [0.05, 0.1) is 5.56 Å².